The summed E-state index contributed by atoms with van der Waals surface area (Å²) in [5.74, 6) is 0.942. The lowest BCUT2D eigenvalue weighted by atomic mass is 9.96. The van der Waals surface area contributed by atoms with E-state index in [0.29, 0.717) is 31.5 Å². The summed E-state index contributed by atoms with van der Waals surface area (Å²) in [6, 6.07) is 0. The molecule has 0 spiro atoms. The maximum absolute atomic E-state index is 9.96. The molecule has 0 aliphatic rings. The van der Waals surface area contributed by atoms with Gasteiger partial charge in [-0.1, -0.05) is 40.5 Å². The van der Waals surface area contributed by atoms with Gasteiger partial charge in [-0.3, -0.25) is 0 Å². The van der Waals surface area contributed by atoms with Gasteiger partial charge in [-0.15, -0.1) is 0 Å². The van der Waals surface area contributed by atoms with Crippen LogP contribution >= 0.6 is 0 Å². The largest absolute Gasteiger partial charge is 0.392 e. The van der Waals surface area contributed by atoms with E-state index in [1.54, 1.807) is 0 Å². The van der Waals surface area contributed by atoms with Crippen LogP contribution in [0.4, 0.5) is 0 Å². The minimum Gasteiger partial charge on any atom is -0.392 e. The zero-order valence-electron chi connectivity index (χ0n) is 13.9. The second-order valence-electron chi connectivity index (χ2n) is 6.23. The van der Waals surface area contributed by atoms with Gasteiger partial charge in [0.25, 0.3) is 0 Å². The number of nitrogens with one attached hydrogen (secondary N) is 1. The van der Waals surface area contributed by atoms with Crippen LogP contribution in [0.25, 0.3) is 0 Å². The SMILES string of the molecule is CCC(CC)C(O)CNCC(O)COC(C)CC(C)C. The smallest absolute Gasteiger partial charge is 0.0897 e. The molecule has 0 saturated carbocycles. The van der Waals surface area contributed by atoms with E-state index in [2.05, 4.69) is 33.0 Å². The van der Waals surface area contributed by atoms with Crippen LogP contribution in [0.15, 0.2) is 0 Å². The van der Waals surface area contributed by atoms with Crippen molar-refractivity contribution in [3.05, 3.63) is 0 Å². The molecule has 0 aliphatic heterocycles. The summed E-state index contributed by atoms with van der Waals surface area (Å²) in [6.07, 6.45) is 2.31. The number of aliphatic hydroxyl groups excluding tert-OH is 2. The lowest BCUT2D eigenvalue weighted by Crippen LogP contribution is -2.38. The van der Waals surface area contributed by atoms with Gasteiger partial charge >= 0.3 is 0 Å². The Labute approximate surface area is 124 Å². The Morgan fingerprint density at radius 2 is 1.60 bits per heavy atom. The molecule has 0 aromatic carbocycles. The molecule has 0 radical (unpaired) electrons. The number of rotatable bonds is 12. The molecule has 3 atom stereocenters. The van der Waals surface area contributed by atoms with Crippen molar-refractivity contribution in [2.24, 2.45) is 11.8 Å². The molecule has 0 aromatic rings. The minimum absolute atomic E-state index is 0.180. The molecular weight excluding hydrogens is 254 g/mol. The normalized spacial score (nSPS) is 16.6. The summed E-state index contributed by atoms with van der Waals surface area (Å²) >= 11 is 0. The monoisotopic (exact) mass is 289 g/mol. The molecule has 0 heterocycles. The predicted octanol–water partition coefficient (Wildman–Crippen LogP) is 2.19. The van der Waals surface area contributed by atoms with Crippen molar-refractivity contribution in [1.29, 1.82) is 0 Å². The van der Waals surface area contributed by atoms with Crippen LogP contribution in [-0.4, -0.2) is 48.2 Å². The highest BCUT2D eigenvalue weighted by atomic mass is 16.5. The fraction of sp³-hybridized carbons (Fsp3) is 1.00. The molecule has 0 fully saturated rings. The molecule has 0 saturated heterocycles. The predicted molar refractivity (Wildman–Crippen MR) is 83.8 cm³/mol. The Morgan fingerprint density at radius 3 is 2.10 bits per heavy atom. The first kappa shape index (κ1) is 19.8. The Hall–Kier alpha value is -0.160. The van der Waals surface area contributed by atoms with Crippen molar-refractivity contribution in [3.63, 3.8) is 0 Å². The highest BCUT2D eigenvalue weighted by Gasteiger charge is 2.15. The van der Waals surface area contributed by atoms with E-state index in [4.69, 9.17) is 4.74 Å². The van der Waals surface area contributed by atoms with Gasteiger partial charge in [-0.05, 0) is 25.2 Å². The number of hydrogen-bond donors (Lipinski definition) is 3. The Balaban J connectivity index is 3.70. The van der Waals surface area contributed by atoms with Gasteiger partial charge in [0.15, 0.2) is 0 Å². The van der Waals surface area contributed by atoms with E-state index in [-0.39, 0.29) is 12.2 Å². The summed E-state index contributed by atoms with van der Waals surface area (Å²) < 4.78 is 5.61. The second kappa shape index (κ2) is 11.5. The highest BCUT2D eigenvalue weighted by molar-refractivity contribution is 4.70. The first-order chi connectivity index (χ1) is 9.40. The molecule has 0 aromatic heterocycles. The van der Waals surface area contributed by atoms with Crippen LogP contribution in [0.5, 0.6) is 0 Å². The van der Waals surface area contributed by atoms with Crippen LogP contribution in [0, 0.1) is 11.8 Å². The van der Waals surface area contributed by atoms with E-state index in [1.165, 1.54) is 0 Å². The minimum atomic E-state index is -0.515. The molecule has 3 unspecified atom stereocenters. The van der Waals surface area contributed by atoms with Crippen LogP contribution in [-0.2, 0) is 4.74 Å². The quantitative estimate of drug-likeness (QED) is 0.515. The standard InChI is InChI=1S/C16H35NO3/c1-6-14(7-2)16(19)10-17-9-15(18)11-20-13(5)8-12(3)4/h12-19H,6-11H2,1-5H3. The first-order valence-electron chi connectivity index (χ1n) is 8.09. The van der Waals surface area contributed by atoms with Crippen molar-refractivity contribution in [2.75, 3.05) is 19.7 Å². The Bertz CT molecular complexity index is 220. The van der Waals surface area contributed by atoms with Crippen LogP contribution in [0.1, 0.15) is 53.9 Å². The summed E-state index contributed by atoms with van der Waals surface area (Å²) in [5.41, 5.74) is 0. The molecule has 3 N–H and O–H groups in total. The van der Waals surface area contributed by atoms with Gasteiger partial charge < -0.3 is 20.3 Å². The fourth-order valence-corrected chi connectivity index (χ4v) is 2.46. The molecule has 20 heavy (non-hydrogen) atoms. The average molecular weight is 289 g/mol. The van der Waals surface area contributed by atoms with Crippen molar-refractivity contribution in [3.8, 4) is 0 Å². The van der Waals surface area contributed by atoms with E-state index in [1.807, 2.05) is 6.92 Å². The van der Waals surface area contributed by atoms with Crippen molar-refractivity contribution in [2.45, 2.75) is 72.2 Å². The van der Waals surface area contributed by atoms with Crippen LogP contribution in [0.3, 0.4) is 0 Å². The Kier molecular flexibility index (Phi) is 11.4. The molecule has 0 bridgehead atoms. The molecule has 122 valence electrons. The van der Waals surface area contributed by atoms with E-state index in [9.17, 15) is 10.2 Å². The highest BCUT2D eigenvalue weighted by Crippen LogP contribution is 2.12. The van der Waals surface area contributed by atoms with E-state index < -0.39 is 6.10 Å². The molecule has 0 aliphatic carbocycles. The fourth-order valence-electron chi connectivity index (χ4n) is 2.46. The molecule has 4 nitrogen and oxygen atoms in total. The van der Waals surface area contributed by atoms with Crippen molar-refractivity contribution in [1.82, 2.24) is 5.32 Å². The van der Waals surface area contributed by atoms with Gasteiger partial charge in [-0.25, -0.2) is 0 Å². The lowest BCUT2D eigenvalue weighted by molar-refractivity contribution is -0.00987. The number of ether oxygens (including phenoxy) is 1. The van der Waals surface area contributed by atoms with Gasteiger partial charge in [-0.2, -0.15) is 0 Å². The van der Waals surface area contributed by atoms with Gasteiger partial charge in [0.05, 0.1) is 24.9 Å². The molecule has 0 amide bonds. The van der Waals surface area contributed by atoms with E-state index >= 15 is 0 Å². The zero-order chi connectivity index (χ0) is 15.5. The number of hydrogen-bond acceptors (Lipinski definition) is 4. The third kappa shape index (κ3) is 9.70. The third-order valence-corrected chi connectivity index (χ3v) is 3.70. The average Bonchev–Trinajstić information content (AvgIpc) is 2.37. The van der Waals surface area contributed by atoms with Gasteiger partial charge in [0.1, 0.15) is 0 Å². The first-order valence-corrected chi connectivity index (χ1v) is 8.09. The molecular formula is C16H35NO3. The molecule has 4 heteroatoms. The van der Waals surface area contributed by atoms with Gasteiger partial charge in [0, 0.05) is 13.1 Å². The molecule has 0 rings (SSSR count). The maximum atomic E-state index is 9.96. The summed E-state index contributed by atoms with van der Waals surface area (Å²) in [7, 11) is 0. The summed E-state index contributed by atoms with van der Waals surface area (Å²) in [5, 5.41) is 22.9. The van der Waals surface area contributed by atoms with Gasteiger partial charge in [0.2, 0.25) is 0 Å². The third-order valence-electron chi connectivity index (χ3n) is 3.70. The lowest BCUT2D eigenvalue weighted by Gasteiger charge is -2.22. The van der Waals surface area contributed by atoms with Crippen molar-refractivity contribution >= 4 is 0 Å². The Morgan fingerprint density at radius 1 is 1.00 bits per heavy atom. The van der Waals surface area contributed by atoms with Crippen molar-refractivity contribution < 1.29 is 14.9 Å². The zero-order valence-corrected chi connectivity index (χ0v) is 13.9. The summed E-state index contributed by atoms with van der Waals surface area (Å²) in [4.78, 5) is 0. The van der Waals surface area contributed by atoms with Crippen LogP contribution < -0.4 is 5.32 Å². The summed E-state index contributed by atoms with van der Waals surface area (Å²) in [6.45, 7) is 11.9. The second-order valence-corrected chi connectivity index (χ2v) is 6.23. The maximum Gasteiger partial charge on any atom is 0.0897 e. The topological polar surface area (TPSA) is 61.7 Å². The van der Waals surface area contributed by atoms with E-state index in [0.717, 1.165) is 19.3 Å². The van der Waals surface area contributed by atoms with Crippen LogP contribution in [0.2, 0.25) is 0 Å². The number of aliphatic hydroxyl groups is 2.